The number of nitrogens with one attached hydrogen (secondary N) is 2. The van der Waals surface area contributed by atoms with Gasteiger partial charge in [0, 0.05) is 4.88 Å². The smallest absolute Gasteiger partial charge is 0.259 e. The first-order valence-corrected chi connectivity index (χ1v) is 12.5. The number of hydrogen-bond acceptors (Lipinski definition) is 8. The summed E-state index contributed by atoms with van der Waals surface area (Å²) in [6.45, 7) is 8.29. The molecule has 1 atom stereocenters. The number of rotatable bonds is 7. The summed E-state index contributed by atoms with van der Waals surface area (Å²) in [6, 6.07) is 5.68. The lowest BCUT2D eigenvalue weighted by atomic mass is 10.2. The molecular weight excluding hydrogens is 452 g/mol. The minimum absolute atomic E-state index is 0.125. The van der Waals surface area contributed by atoms with Crippen molar-refractivity contribution in [1.29, 1.82) is 0 Å². The zero-order valence-corrected chi connectivity index (χ0v) is 20.0. The number of thiazole rings is 1. The molecule has 0 aliphatic carbocycles. The number of aromatic nitrogens is 3. The van der Waals surface area contributed by atoms with Crippen LogP contribution < -0.4 is 15.6 Å². The van der Waals surface area contributed by atoms with Crippen molar-refractivity contribution in [1.82, 2.24) is 15.0 Å². The Bertz CT molecular complexity index is 1320. The molecule has 1 aromatic carbocycles. The second-order valence-electron chi connectivity index (χ2n) is 7.00. The number of anilines is 1. The van der Waals surface area contributed by atoms with Gasteiger partial charge in [-0.15, -0.1) is 23.1 Å². The van der Waals surface area contributed by atoms with Gasteiger partial charge in [-0.3, -0.25) is 9.59 Å². The van der Waals surface area contributed by atoms with Gasteiger partial charge in [-0.2, -0.15) is 0 Å². The fourth-order valence-electron chi connectivity index (χ4n) is 3.07. The summed E-state index contributed by atoms with van der Waals surface area (Å²) < 4.78 is 6.47. The van der Waals surface area contributed by atoms with Crippen LogP contribution in [0.2, 0.25) is 0 Å². The molecule has 3 heterocycles. The van der Waals surface area contributed by atoms with Gasteiger partial charge in [0.2, 0.25) is 5.91 Å². The molecule has 0 saturated carbocycles. The molecule has 0 bridgehead atoms. The zero-order chi connectivity index (χ0) is 22.1. The molecule has 3 aromatic heterocycles. The van der Waals surface area contributed by atoms with E-state index in [0.717, 1.165) is 31.2 Å². The van der Waals surface area contributed by atoms with Gasteiger partial charge < -0.3 is 15.0 Å². The Balaban J connectivity index is 1.41. The van der Waals surface area contributed by atoms with Gasteiger partial charge in [0.05, 0.1) is 33.2 Å². The van der Waals surface area contributed by atoms with Crippen LogP contribution in [0.15, 0.2) is 23.0 Å². The molecule has 0 fully saturated rings. The first-order valence-electron chi connectivity index (χ1n) is 9.80. The lowest BCUT2D eigenvalue weighted by Crippen LogP contribution is -2.22. The molecule has 7 nitrogen and oxygen atoms in total. The molecule has 4 aromatic rings. The number of ether oxygens (including phenoxy) is 1. The second kappa shape index (κ2) is 8.97. The number of carbonyl (C=O) groups is 1. The van der Waals surface area contributed by atoms with Crippen molar-refractivity contribution in [3.05, 3.63) is 44.8 Å². The highest BCUT2D eigenvalue weighted by molar-refractivity contribution is 7.99. The van der Waals surface area contributed by atoms with Crippen LogP contribution in [0.3, 0.4) is 0 Å². The average Bonchev–Trinajstić information content (AvgIpc) is 3.25. The van der Waals surface area contributed by atoms with E-state index in [1.165, 1.54) is 34.4 Å². The van der Waals surface area contributed by atoms with Crippen molar-refractivity contribution in [2.75, 3.05) is 11.9 Å². The highest BCUT2D eigenvalue weighted by atomic mass is 32.2. The Morgan fingerprint density at radius 2 is 2.10 bits per heavy atom. The predicted octanol–water partition coefficient (Wildman–Crippen LogP) is 4.87. The summed E-state index contributed by atoms with van der Waals surface area (Å²) >= 11 is 4.35. The van der Waals surface area contributed by atoms with Crippen LogP contribution in [-0.4, -0.2) is 32.7 Å². The minimum atomic E-state index is -0.334. The van der Waals surface area contributed by atoms with Crippen LogP contribution in [0.5, 0.6) is 5.75 Å². The monoisotopic (exact) mass is 474 g/mol. The summed E-state index contributed by atoms with van der Waals surface area (Å²) in [5.74, 6) is 1.66. The number of fused-ring (bicyclic) bond motifs is 2. The second-order valence-corrected chi connectivity index (χ2v) is 10.6. The summed E-state index contributed by atoms with van der Waals surface area (Å²) in [5.41, 5.74) is 1.67. The number of thioether (sulfide) groups is 1. The van der Waals surface area contributed by atoms with Crippen LogP contribution in [0.4, 0.5) is 5.13 Å². The number of hydrogen-bond donors (Lipinski definition) is 2. The third-order valence-corrected chi connectivity index (χ3v) is 8.02. The van der Waals surface area contributed by atoms with E-state index in [1.807, 2.05) is 45.9 Å². The average molecular weight is 475 g/mol. The molecule has 31 heavy (non-hydrogen) atoms. The molecule has 1 amide bonds. The van der Waals surface area contributed by atoms with Crippen LogP contribution >= 0.6 is 34.4 Å². The molecule has 4 rings (SSSR count). The number of H-pyrrole nitrogens is 1. The number of nitrogens with zero attached hydrogens (tertiary/aromatic N) is 2. The van der Waals surface area contributed by atoms with Gasteiger partial charge in [0.25, 0.3) is 5.56 Å². The molecule has 0 saturated heterocycles. The topological polar surface area (TPSA) is 97.0 Å². The normalized spacial score (nSPS) is 12.4. The standard InChI is InChI=1S/C21H22N4O3S3/c1-5-28-13-6-7-14-15(8-13)31-21(22-14)25-18(26)12(4)29-9-16-23-19(27)17-10(2)11(3)30-20(17)24-16/h6-8,12H,5,9H2,1-4H3,(H,22,25,26)(H,23,24,27). The highest BCUT2D eigenvalue weighted by Crippen LogP contribution is 2.30. The summed E-state index contributed by atoms with van der Waals surface area (Å²) in [7, 11) is 0. The molecule has 0 radical (unpaired) electrons. The summed E-state index contributed by atoms with van der Waals surface area (Å²) in [5, 5.41) is 3.76. The highest BCUT2D eigenvalue weighted by Gasteiger charge is 2.18. The Morgan fingerprint density at radius 1 is 1.29 bits per heavy atom. The molecule has 10 heteroatoms. The number of benzene rings is 1. The van der Waals surface area contributed by atoms with E-state index in [9.17, 15) is 9.59 Å². The Hall–Kier alpha value is -2.43. The molecule has 0 aliphatic heterocycles. The fourth-order valence-corrected chi connectivity index (χ4v) is 5.77. The van der Waals surface area contributed by atoms with Crippen molar-refractivity contribution in [3.63, 3.8) is 0 Å². The van der Waals surface area contributed by atoms with Crippen LogP contribution in [0.1, 0.15) is 30.1 Å². The van der Waals surface area contributed by atoms with E-state index < -0.39 is 0 Å². The fraction of sp³-hybridized carbons (Fsp3) is 0.333. The maximum absolute atomic E-state index is 12.6. The third kappa shape index (κ3) is 4.60. The Morgan fingerprint density at radius 3 is 2.87 bits per heavy atom. The molecular formula is C21H22N4O3S3. The minimum Gasteiger partial charge on any atom is -0.494 e. The third-order valence-electron chi connectivity index (χ3n) is 4.83. The molecule has 162 valence electrons. The van der Waals surface area contributed by atoms with Crippen molar-refractivity contribution in [2.24, 2.45) is 0 Å². The first-order chi connectivity index (χ1) is 14.9. The van der Waals surface area contributed by atoms with Crippen molar-refractivity contribution in [2.45, 2.75) is 38.7 Å². The first kappa shape index (κ1) is 21.8. The summed E-state index contributed by atoms with van der Waals surface area (Å²) in [4.78, 5) is 38.8. The van der Waals surface area contributed by atoms with E-state index in [4.69, 9.17) is 4.74 Å². The van der Waals surface area contributed by atoms with Crippen molar-refractivity contribution in [3.8, 4) is 5.75 Å². The Kier molecular flexibility index (Phi) is 6.31. The number of aryl methyl sites for hydroxylation is 2. The van der Waals surface area contributed by atoms with Gasteiger partial charge in [-0.1, -0.05) is 11.3 Å². The lowest BCUT2D eigenvalue weighted by Gasteiger charge is -2.10. The number of aromatic amines is 1. The van der Waals surface area contributed by atoms with Crippen LogP contribution in [0, 0.1) is 13.8 Å². The van der Waals surface area contributed by atoms with E-state index in [2.05, 4.69) is 20.3 Å². The van der Waals surface area contributed by atoms with Crippen molar-refractivity contribution >= 4 is 65.9 Å². The molecule has 2 N–H and O–H groups in total. The van der Waals surface area contributed by atoms with E-state index in [0.29, 0.717) is 28.7 Å². The van der Waals surface area contributed by atoms with Gasteiger partial charge in [-0.05, 0) is 51.5 Å². The van der Waals surface area contributed by atoms with Crippen LogP contribution in [0.25, 0.3) is 20.4 Å². The SMILES string of the molecule is CCOc1ccc2nc(NC(=O)C(C)SCc3nc4sc(C)c(C)c4c(=O)[nH]3)sc2c1. The van der Waals surface area contributed by atoms with Crippen molar-refractivity contribution < 1.29 is 9.53 Å². The predicted molar refractivity (Wildman–Crippen MR) is 130 cm³/mol. The van der Waals surface area contributed by atoms with E-state index in [-0.39, 0.29) is 16.7 Å². The van der Waals surface area contributed by atoms with Gasteiger partial charge in [-0.25, -0.2) is 9.97 Å². The molecule has 0 spiro atoms. The maximum atomic E-state index is 12.6. The number of amides is 1. The van der Waals surface area contributed by atoms with Gasteiger partial charge in [0.15, 0.2) is 5.13 Å². The largest absolute Gasteiger partial charge is 0.494 e. The summed E-state index contributed by atoms with van der Waals surface area (Å²) in [6.07, 6.45) is 0. The Labute approximate surface area is 191 Å². The number of thiophene rings is 1. The quantitative estimate of drug-likeness (QED) is 0.397. The number of carbonyl (C=O) groups excluding carboxylic acids is 1. The van der Waals surface area contributed by atoms with Gasteiger partial charge in [0.1, 0.15) is 16.4 Å². The maximum Gasteiger partial charge on any atom is 0.259 e. The molecule has 1 unspecified atom stereocenters. The zero-order valence-electron chi connectivity index (χ0n) is 17.6. The van der Waals surface area contributed by atoms with E-state index >= 15 is 0 Å². The van der Waals surface area contributed by atoms with Crippen LogP contribution in [-0.2, 0) is 10.5 Å². The molecule has 0 aliphatic rings. The van der Waals surface area contributed by atoms with Gasteiger partial charge >= 0.3 is 0 Å². The lowest BCUT2D eigenvalue weighted by molar-refractivity contribution is -0.115. The van der Waals surface area contributed by atoms with E-state index in [1.54, 1.807) is 0 Å².